The molecule has 6 nitrogen and oxygen atoms in total. The van der Waals surface area contributed by atoms with Crippen LogP contribution in [0.3, 0.4) is 0 Å². The number of halogens is 1. The predicted octanol–water partition coefficient (Wildman–Crippen LogP) is 5.05. The minimum atomic E-state index is -0.159. The molecule has 2 aromatic heterocycles. The molecule has 1 unspecified atom stereocenters. The first-order valence-electron chi connectivity index (χ1n) is 9.08. The molecule has 1 aliphatic heterocycles. The van der Waals surface area contributed by atoms with Gasteiger partial charge in [0.05, 0.1) is 11.7 Å². The van der Waals surface area contributed by atoms with Crippen molar-refractivity contribution in [2.75, 3.05) is 6.54 Å². The Morgan fingerprint density at radius 1 is 1.15 bits per heavy atom. The van der Waals surface area contributed by atoms with Gasteiger partial charge in [0.15, 0.2) is 17.2 Å². The lowest BCUT2D eigenvalue weighted by atomic mass is 10.1. The van der Waals surface area contributed by atoms with Crippen LogP contribution in [0.15, 0.2) is 45.4 Å². The van der Waals surface area contributed by atoms with Gasteiger partial charge in [-0.1, -0.05) is 46.9 Å². The number of aryl methyl sites for hydroxylation is 1. The van der Waals surface area contributed by atoms with Gasteiger partial charge in [0, 0.05) is 29.3 Å². The summed E-state index contributed by atoms with van der Waals surface area (Å²) < 4.78 is 10.9. The number of benzene rings is 1. The molecular weight excluding hydrogens is 366 g/mol. The van der Waals surface area contributed by atoms with Gasteiger partial charge in [0.1, 0.15) is 0 Å². The van der Waals surface area contributed by atoms with Gasteiger partial charge in [-0.25, -0.2) is 0 Å². The summed E-state index contributed by atoms with van der Waals surface area (Å²) in [6.45, 7) is 2.54. The first kappa shape index (κ1) is 17.8. The molecule has 0 bridgehead atoms. The molecule has 7 heteroatoms. The molecule has 0 radical (unpaired) electrons. The maximum absolute atomic E-state index is 13.2. The monoisotopic (exact) mass is 385 g/mol. The average molecular weight is 386 g/mol. The molecular formula is C20H20ClN3O3. The molecule has 3 aromatic rings. The molecule has 1 amide bonds. The molecule has 0 spiro atoms. The van der Waals surface area contributed by atoms with Crippen molar-refractivity contribution >= 4 is 17.5 Å². The van der Waals surface area contributed by atoms with E-state index < -0.39 is 0 Å². The Hall–Kier alpha value is -2.60. The number of carbonyl (C=O) groups excluding carboxylic acids is 1. The Morgan fingerprint density at radius 2 is 2.04 bits per heavy atom. The zero-order valence-electron chi connectivity index (χ0n) is 15.0. The number of hydrogen-bond acceptors (Lipinski definition) is 5. The maximum Gasteiger partial charge on any atom is 0.276 e. The number of rotatable bonds is 3. The molecule has 1 atom stereocenters. The number of likely N-dealkylation sites (tertiary alicyclic amines) is 1. The second-order valence-corrected chi connectivity index (χ2v) is 7.26. The molecule has 140 valence electrons. The van der Waals surface area contributed by atoms with Crippen molar-refractivity contribution in [3.05, 3.63) is 58.6 Å². The molecule has 0 saturated carbocycles. The van der Waals surface area contributed by atoms with Gasteiger partial charge < -0.3 is 13.9 Å². The molecule has 1 fully saturated rings. The number of nitrogens with zero attached hydrogens (tertiary/aromatic N) is 3. The normalized spacial score (nSPS) is 17.7. The van der Waals surface area contributed by atoms with Gasteiger partial charge in [-0.2, -0.15) is 0 Å². The van der Waals surface area contributed by atoms with E-state index >= 15 is 0 Å². The maximum atomic E-state index is 13.2. The smallest absolute Gasteiger partial charge is 0.276 e. The SMILES string of the molecule is Cc1cc(C2CCCCCN2C(=O)c2cc(-c3cccc(Cl)c3)on2)on1. The topological polar surface area (TPSA) is 72.4 Å². The summed E-state index contributed by atoms with van der Waals surface area (Å²) in [5.41, 5.74) is 1.88. The first-order chi connectivity index (χ1) is 13.1. The van der Waals surface area contributed by atoms with E-state index in [0.29, 0.717) is 17.3 Å². The van der Waals surface area contributed by atoms with E-state index in [1.165, 1.54) is 0 Å². The average Bonchev–Trinajstić information content (AvgIpc) is 3.25. The molecule has 0 N–H and O–H groups in total. The second-order valence-electron chi connectivity index (χ2n) is 6.82. The van der Waals surface area contributed by atoms with Crippen LogP contribution in [0.25, 0.3) is 11.3 Å². The largest absolute Gasteiger partial charge is 0.359 e. The molecule has 1 aliphatic rings. The Morgan fingerprint density at radius 3 is 2.81 bits per heavy atom. The summed E-state index contributed by atoms with van der Waals surface area (Å²) in [5, 5.41) is 8.59. The van der Waals surface area contributed by atoms with Crippen molar-refractivity contribution in [2.24, 2.45) is 0 Å². The highest BCUT2D eigenvalue weighted by Crippen LogP contribution is 2.32. The van der Waals surface area contributed by atoms with Crippen molar-refractivity contribution in [1.82, 2.24) is 15.2 Å². The van der Waals surface area contributed by atoms with Crippen molar-refractivity contribution in [2.45, 2.75) is 38.6 Å². The van der Waals surface area contributed by atoms with Gasteiger partial charge >= 0.3 is 0 Å². The number of hydrogen-bond donors (Lipinski definition) is 0. The third-order valence-electron chi connectivity index (χ3n) is 4.83. The lowest BCUT2D eigenvalue weighted by molar-refractivity contribution is 0.0640. The quantitative estimate of drug-likeness (QED) is 0.630. The highest BCUT2D eigenvalue weighted by Gasteiger charge is 2.31. The van der Waals surface area contributed by atoms with Crippen molar-refractivity contribution in [3.63, 3.8) is 0 Å². The molecule has 1 aromatic carbocycles. The summed E-state index contributed by atoms with van der Waals surface area (Å²) in [6, 6.07) is 10.7. The van der Waals surface area contributed by atoms with E-state index in [9.17, 15) is 4.79 Å². The first-order valence-corrected chi connectivity index (χ1v) is 9.46. The van der Waals surface area contributed by atoms with Gasteiger partial charge in [0.25, 0.3) is 5.91 Å². The predicted molar refractivity (Wildman–Crippen MR) is 100 cm³/mol. The zero-order valence-corrected chi connectivity index (χ0v) is 15.8. The van der Waals surface area contributed by atoms with E-state index in [-0.39, 0.29) is 17.6 Å². The molecule has 1 saturated heterocycles. The number of carbonyl (C=O) groups is 1. The van der Waals surface area contributed by atoms with Crippen LogP contribution in [0.5, 0.6) is 0 Å². The van der Waals surface area contributed by atoms with E-state index in [4.69, 9.17) is 20.6 Å². The van der Waals surface area contributed by atoms with E-state index in [1.807, 2.05) is 30.0 Å². The van der Waals surface area contributed by atoms with Gasteiger partial charge in [0.2, 0.25) is 0 Å². The Bertz CT molecular complexity index is 949. The zero-order chi connectivity index (χ0) is 18.8. The molecule has 4 rings (SSSR count). The minimum absolute atomic E-state index is 0.132. The van der Waals surface area contributed by atoms with Crippen molar-refractivity contribution in [1.29, 1.82) is 0 Å². The lowest BCUT2D eigenvalue weighted by Crippen LogP contribution is -2.34. The van der Waals surface area contributed by atoms with Crippen LogP contribution in [0.1, 0.15) is 53.7 Å². The summed E-state index contributed by atoms with van der Waals surface area (Å²) in [6.07, 6.45) is 3.93. The Balaban J connectivity index is 1.62. The van der Waals surface area contributed by atoms with Crippen molar-refractivity contribution < 1.29 is 13.8 Å². The van der Waals surface area contributed by atoms with Crippen LogP contribution >= 0.6 is 11.6 Å². The standard InChI is InChI=1S/C20H20ClN3O3/c1-13-10-19(27-22-13)17-8-3-2-4-9-24(17)20(25)16-12-18(26-23-16)14-6-5-7-15(21)11-14/h5-7,10-12,17H,2-4,8-9H2,1H3. The second kappa shape index (κ2) is 7.56. The third kappa shape index (κ3) is 3.76. The van der Waals surface area contributed by atoms with Gasteiger partial charge in [-0.05, 0) is 31.9 Å². The summed E-state index contributed by atoms with van der Waals surface area (Å²) in [5.74, 6) is 1.08. The molecule has 27 heavy (non-hydrogen) atoms. The summed E-state index contributed by atoms with van der Waals surface area (Å²) in [7, 11) is 0. The lowest BCUT2D eigenvalue weighted by Gasteiger charge is -2.27. The fourth-order valence-electron chi connectivity index (χ4n) is 3.49. The Kier molecular flexibility index (Phi) is 4.99. The van der Waals surface area contributed by atoms with Crippen LogP contribution in [0.2, 0.25) is 5.02 Å². The number of amides is 1. The highest BCUT2D eigenvalue weighted by atomic mass is 35.5. The van der Waals surface area contributed by atoms with Crippen LogP contribution in [0, 0.1) is 6.92 Å². The van der Waals surface area contributed by atoms with E-state index in [0.717, 1.165) is 42.7 Å². The summed E-state index contributed by atoms with van der Waals surface area (Å²) >= 11 is 6.04. The van der Waals surface area contributed by atoms with Gasteiger partial charge in [-0.3, -0.25) is 4.79 Å². The van der Waals surface area contributed by atoms with E-state index in [2.05, 4.69) is 10.3 Å². The van der Waals surface area contributed by atoms with Crippen LogP contribution < -0.4 is 0 Å². The molecule has 0 aliphatic carbocycles. The van der Waals surface area contributed by atoms with Gasteiger partial charge in [-0.15, -0.1) is 0 Å². The van der Waals surface area contributed by atoms with Crippen LogP contribution in [0.4, 0.5) is 0 Å². The van der Waals surface area contributed by atoms with E-state index in [1.54, 1.807) is 18.2 Å². The molecule has 3 heterocycles. The van der Waals surface area contributed by atoms with Crippen LogP contribution in [-0.4, -0.2) is 27.7 Å². The van der Waals surface area contributed by atoms with Crippen LogP contribution in [-0.2, 0) is 0 Å². The third-order valence-corrected chi connectivity index (χ3v) is 5.06. The minimum Gasteiger partial charge on any atom is -0.359 e. The van der Waals surface area contributed by atoms with Crippen molar-refractivity contribution in [3.8, 4) is 11.3 Å². The fourth-order valence-corrected chi connectivity index (χ4v) is 3.68. The summed E-state index contributed by atoms with van der Waals surface area (Å²) in [4.78, 5) is 15.0. The highest BCUT2D eigenvalue weighted by molar-refractivity contribution is 6.30. The Labute approximate surface area is 162 Å². The fraction of sp³-hybridized carbons (Fsp3) is 0.350. The number of aromatic nitrogens is 2.